The van der Waals surface area contributed by atoms with Crippen LogP contribution in [0.25, 0.3) is 0 Å². The van der Waals surface area contributed by atoms with Gasteiger partial charge in [0, 0.05) is 25.2 Å². The van der Waals surface area contributed by atoms with Gasteiger partial charge in [0.25, 0.3) is 0 Å². The number of nitrogens with zero attached hydrogens (tertiary/aromatic N) is 6. The van der Waals surface area contributed by atoms with Crippen molar-refractivity contribution in [3.63, 3.8) is 0 Å². The van der Waals surface area contributed by atoms with E-state index in [4.69, 9.17) is 0 Å². The fraction of sp³-hybridized carbons (Fsp3) is 0.267. The molecule has 210 valence electrons. The summed E-state index contributed by atoms with van der Waals surface area (Å²) in [5.74, 6) is 0.302. The normalized spacial score (nSPS) is 11.7. The SMILES string of the molecule is O=C(Cc1cccc(Cn2cccn2)c1)Nc1ccc(CCCCc2nnc(NC(O)Cc3ccccc3)s2)nn1. The first kappa shape index (κ1) is 28.1. The lowest BCUT2D eigenvalue weighted by molar-refractivity contribution is -0.115. The predicted molar refractivity (Wildman–Crippen MR) is 158 cm³/mol. The number of hydrogen-bond acceptors (Lipinski definition) is 9. The fourth-order valence-corrected chi connectivity index (χ4v) is 5.21. The van der Waals surface area contributed by atoms with Crippen molar-refractivity contribution in [2.75, 3.05) is 10.6 Å². The Morgan fingerprint density at radius 1 is 0.878 bits per heavy atom. The number of amides is 1. The van der Waals surface area contributed by atoms with Gasteiger partial charge in [-0.1, -0.05) is 65.9 Å². The largest absolute Gasteiger partial charge is 0.373 e. The van der Waals surface area contributed by atoms with Crippen molar-refractivity contribution in [3.8, 4) is 0 Å². The van der Waals surface area contributed by atoms with Crippen LogP contribution in [0.4, 0.5) is 10.9 Å². The third-order valence-electron chi connectivity index (χ3n) is 6.35. The Morgan fingerprint density at radius 2 is 1.71 bits per heavy atom. The molecule has 5 aromatic rings. The standard InChI is InChI=1S/C30H32N8O2S/c39-27(20-23-10-6-11-24(18-23)21-38-17-7-16-31-38)32-26-15-14-25(34-35-26)12-4-5-13-29-36-37-30(41-29)33-28(40)19-22-8-2-1-3-9-22/h1-3,6-11,14-18,28,40H,4-5,12-13,19-21H2,(H,33,37)(H,32,35,39). The fourth-order valence-electron chi connectivity index (χ4n) is 4.38. The Kier molecular flexibility index (Phi) is 9.75. The molecule has 0 saturated heterocycles. The molecular formula is C30H32N8O2S. The average molecular weight is 569 g/mol. The van der Waals surface area contributed by atoms with Gasteiger partial charge in [-0.25, -0.2) is 0 Å². The van der Waals surface area contributed by atoms with Crippen molar-refractivity contribution in [2.24, 2.45) is 0 Å². The highest BCUT2D eigenvalue weighted by Gasteiger charge is 2.11. The van der Waals surface area contributed by atoms with Crippen LogP contribution in [0, 0.1) is 0 Å². The summed E-state index contributed by atoms with van der Waals surface area (Å²) >= 11 is 1.46. The first-order valence-corrected chi connectivity index (χ1v) is 14.4. The monoisotopic (exact) mass is 568 g/mol. The Morgan fingerprint density at radius 3 is 2.51 bits per heavy atom. The number of aliphatic hydroxyl groups excluding tert-OH is 1. The molecule has 1 atom stereocenters. The van der Waals surface area contributed by atoms with E-state index in [0.717, 1.165) is 53.1 Å². The number of benzene rings is 2. The summed E-state index contributed by atoms with van der Waals surface area (Å²) in [4.78, 5) is 12.6. The summed E-state index contributed by atoms with van der Waals surface area (Å²) in [6, 6.07) is 23.3. The van der Waals surface area contributed by atoms with Gasteiger partial charge < -0.3 is 15.7 Å². The summed E-state index contributed by atoms with van der Waals surface area (Å²) < 4.78 is 1.85. The molecule has 1 unspecified atom stereocenters. The molecule has 1 amide bonds. The predicted octanol–water partition coefficient (Wildman–Crippen LogP) is 4.29. The molecule has 2 aromatic carbocycles. The molecule has 5 rings (SSSR count). The smallest absolute Gasteiger partial charge is 0.229 e. The number of carbonyl (C=O) groups is 1. The van der Waals surface area contributed by atoms with Gasteiger partial charge in [-0.15, -0.1) is 15.3 Å². The summed E-state index contributed by atoms with van der Waals surface area (Å²) in [6.07, 6.45) is 7.15. The highest BCUT2D eigenvalue weighted by molar-refractivity contribution is 7.15. The van der Waals surface area contributed by atoms with E-state index in [0.29, 0.717) is 23.9 Å². The molecule has 3 heterocycles. The summed E-state index contributed by atoms with van der Waals surface area (Å²) in [7, 11) is 0. The van der Waals surface area contributed by atoms with Gasteiger partial charge in [-0.3, -0.25) is 9.48 Å². The quantitative estimate of drug-likeness (QED) is 0.134. The van der Waals surface area contributed by atoms with Crippen LogP contribution in [0.5, 0.6) is 0 Å². The topological polar surface area (TPSA) is 131 Å². The van der Waals surface area contributed by atoms with Gasteiger partial charge in [-0.05, 0) is 54.2 Å². The molecule has 3 aromatic heterocycles. The number of anilines is 2. The Labute approximate surface area is 242 Å². The number of rotatable bonds is 14. The maximum Gasteiger partial charge on any atom is 0.229 e. The van der Waals surface area contributed by atoms with Crippen molar-refractivity contribution in [1.82, 2.24) is 30.2 Å². The second kappa shape index (κ2) is 14.2. The highest BCUT2D eigenvalue weighted by atomic mass is 32.1. The molecule has 10 nitrogen and oxygen atoms in total. The minimum atomic E-state index is -0.714. The van der Waals surface area contributed by atoms with Gasteiger partial charge >= 0.3 is 0 Å². The second-order valence-corrected chi connectivity index (χ2v) is 10.8. The zero-order chi connectivity index (χ0) is 28.3. The van der Waals surface area contributed by atoms with Gasteiger partial charge in [0.2, 0.25) is 11.0 Å². The molecule has 0 saturated carbocycles. The second-order valence-electron chi connectivity index (χ2n) is 9.72. The van der Waals surface area contributed by atoms with Crippen molar-refractivity contribution in [3.05, 3.63) is 113 Å². The first-order valence-electron chi connectivity index (χ1n) is 13.6. The molecule has 0 spiro atoms. The van der Waals surface area contributed by atoms with E-state index >= 15 is 0 Å². The van der Waals surface area contributed by atoms with Crippen LogP contribution in [0.2, 0.25) is 0 Å². The van der Waals surface area contributed by atoms with Crippen LogP contribution in [-0.4, -0.2) is 47.4 Å². The number of carbonyl (C=O) groups excluding carboxylic acids is 1. The van der Waals surface area contributed by atoms with E-state index in [1.54, 1.807) is 12.3 Å². The van der Waals surface area contributed by atoms with Crippen molar-refractivity contribution < 1.29 is 9.90 Å². The Bertz CT molecular complexity index is 1510. The lowest BCUT2D eigenvalue weighted by Crippen LogP contribution is -2.21. The molecule has 41 heavy (non-hydrogen) atoms. The van der Waals surface area contributed by atoms with Gasteiger partial charge in [0.1, 0.15) is 11.2 Å². The van der Waals surface area contributed by atoms with E-state index in [2.05, 4.69) is 36.1 Å². The number of unbranched alkanes of at least 4 members (excludes halogenated alkanes) is 1. The lowest BCUT2D eigenvalue weighted by atomic mass is 10.1. The number of hydrogen-bond donors (Lipinski definition) is 3. The number of aliphatic hydroxyl groups is 1. The van der Waals surface area contributed by atoms with Crippen LogP contribution >= 0.6 is 11.3 Å². The van der Waals surface area contributed by atoms with E-state index < -0.39 is 6.23 Å². The Hall–Kier alpha value is -4.48. The average Bonchev–Trinajstić information content (AvgIpc) is 3.65. The van der Waals surface area contributed by atoms with Crippen molar-refractivity contribution >= 4 is 28.2 Å². The maximum atomic E-state index is 12.6. The summed E-state index contributed by atoms with van der Waals surface area (Å²) in [5.41, 5.74) is 3.94. The van der Waals surface area contributed by atoms with Crippen LogP contribution in [0.3, 0.4) is 0 Å². The lowest BCUT2D eigenvalue weighted by Gasteiger charge is -2.11. The number of aryl methyl sites for hydroxylation is 2. The van der Waals surface area contributed by atoms with Crippen LogP contribution in [0.15, 0.2) is 85.2 Å². The molecule has 0 aliphatic carbocycles. The van der Waals surface area contributed by atoms with Crippen LogP contribution in [-0.2, 0) is 37.0 Å². The molecular weight excluding hydrogens is 536 g/mol. The van der Waals surface area contributed by atoms with E-state index in [1.807, 2.05) is 77.6 Å². The Balaban J connectivity index is 1.00. The third-order valence-corrected chi connectivity index (χ3v) is 7.26. The zero-order valence-corrected chi connectivity index (χ0v) is 23.4. The van der Waals surface area contributed by atoms with Crippen molar-refractivity contribution in [1.29, 1.82) is 0 Å². The molecule has 0 aliphatic heterocycles. The molecule has 0 fully saturated rings. The summed E-state index contributed by atoms with van der Waals surface area (Å²) in [6.45, 7) is 0.660. The zero-order valence-electron chi connectivity index (χ0n) is 22.6. The summed E-state index contributed by atoms with van der Waals surface area (Å²) in [5, 5.41) is 38.7. The van der Waals surface area contributed by atoms with Crippen molar-refractivity contribution in [2.45, 2.75) is 51.3 Å². The highest BCUT2D eigenvalue weighted by Crippen LogP contribution is 2.19. The first-order chi connectivity index (χ1) is 20.1. The molecule has 3 N–H and O–H groups in total. The molecule has 0 aliphatic rings. The third kappa shape index (κ3) is 9.02. The van der Waals surface area contributed by atoms with Gasteiger partial charge in [0.15, 0.2) is 5.82 Å². The van der Waals surface area contributed by atoms with E-state index in [1.165, 1.54) is 11.3 Å². The van der Waals surface area contributed by atoms with Gasteiger partial charge in [-0.2, -0.15) is 10.2 Å². The molecule has 11 heteroatoms. The minimum absolute atomic E-state index is 0.137. The number of aromatic nitrogens is 6. The maximum absolute atomic E-state index is 12.6. The van der Waals surface area contributed by atoms with Crippen LogP contribution in [0.1, 0.15) is 40.2 Å². The molecule has 0 radical (unpaired) electrons. The number of nitrogens with one attached hydrogen (secondary N) is 2. The van der Waals surface area contributed by atoms with Gasteiger partial charge in [0.05, 0.1) is 18.7 Å². The molecule has 0 bridgehead atoms. The van der Waals surface area contributed by atoms with Crippen LogP contribution < -0.4 is 10.6 Å². The minimum Gasteiger partial charge on any atom is -0.373 e. The van der Waals surface area contributed by atoms with E-state index in [9.17, 15) is 9.90 Å². The van der Waals surface area contributed by atoms with E-state index in [-0.39, 0.29) is 12.3 Å².